The van der Waals surface area contributed by atoms with Crippen molar-refractivity contribution >= 4 is 11.6 Å². The first-order valence-electron chi connectivity index (χ1n) is 7.21. The van der Waals surface area contributed by atoms with Crippen LogP contribution in [0.25, 0.3) is 0 Å². The summed E-state index contributed by atoms with van der Waals surface area (Å²) in [5.41, 5.74) is 0.997. The molecule has 1 N–H and O–H groups in total. The van der Waals surface area contributed by atoms with E-state index in [1.165, 1.54) is 0 Å². The van der Waals surface area contributed by atoms with Crippen LogP contribution in [0.1, 0.15) is 39.2 Å². The molecule has 0 aliphatic carbocycles. The maximum atomic E-state index is 6.12. The minimum atomic E-state index is 0.413. The number of hydrogen-bond acceptors (Lipinski definition) is 4. The standard InChI is InChI=1S/C15H25ClN2O2/c1-4-5-6-19-7-8-20-15-9-13(10-17-12(2)3)14(16)11-18-15/h9,11-12,17H,4-8,10H2,1-3H3. The predicted molar refractivity (Wildman–Crippen MR) is 82.4 cm³/mol. The molecule has 0 bridgehead atoms. The van der Waals surface area contributed by atoms with Crippen molar-refractivity contribution in [3.8, 4) is 5.88 Å². The third-order valence-electron chi connectivity index (χ3n) is 2.73. The number of aromatic nitrogens is 1. The minimum absolute atomic E-state index is 0.413. The number of unbranched alkanes of at least 4 members (excludes halogenated alkanes) is 1. The molecule has 0 saturated carbocycles. The quantitative estimate of drug-likeness (QED) is 0.672. The van der Waals surface area contributed by atoms with Crippen LogP contribution in [-0.2, 0) is 11.3 Å². The van der Waals surface area contributed by atoms with Gasteiger partial charge in [0.2, 0.25) is 5.88 Å². The van der Waals surface area contributed by atoms with Crippen LogP contribution in [0.2, 0.25) is 5.02 Å². The van der Waals surface area contributed by atoms with E-state index in [2.05, 4.69) is 31.1 Å². The number of nitrogens with zero attached hydrogens (tertiary/aromatic N) is 1. The predicted octanol–water partition coefficient (Wildman–Crippen LogP) is 3.43. The normalized spacial score (nSPS) is 11.1. The smallest absolute Gasteiger partial charge is 0.213 e. The summed E-state index contributed by atoms with van der Waals surface area (Å²) < 4.78 is 11.0. The van der Waals surface area contributed by atoms with Crippen LogP contribution in [0.4, 0.5) is 0 Å². The lowest BCUT2D eigenvalue weighted by molar-refractivity contribution is 0.0965. The summed E-state index contributed by atoms with van der Waals surface area (Å²) >= 11 is 6.12. The number of pyridine rings is 1. The van der Waals surface area contributed by atoms with Gasteiger partial charge in [0, 0.05) is 31.5 Å². The zero-order chi connectivity index (χ0) is 14.8. The Kier molecular flexibility index (Phi) is 8.58. The van der Waals surface area contributed by atoms with Gasteiger partial charge in [-0.05, 0) is 12.0 Å². The van der Waals surface area contributed by atoms with E-state index in [9.17, 15) is 0 Å². The van der Waals surface area contributed by atoms with Crippen molar-refractivity contribution in [2.75, 3.05) is 19.8 Å². The molecule has 0 amide bonds. The average Bonchev–Trinajstić information content (AvgIpc) is 2.42. The number of nitrogens with one attached hydrogen (secondary N) is 1. The highest BCUT2D eigenvalue weighted by molar-refractivity contribution is 6.31. The lowest BCUT2D eigenvalue weighted by atomic mass is 10.2. The Hall–Kier alpha value is -0.840. The molecule has 0 spiro atoms. The van der Waals surface area contributed by atoms with Gasteiger partial charge in [0.15, 0.2) is 0 Å². The van der Waals surface area contributed by atoms with Gasteiger partial charge in [-0.1, -0.05) is 38.8 Å². The summed E-state index contributed by atoms with van der Waals surface area (Å²) in [7, 11) is 0. The molecule has 0 fully saturated rings. The molecule has 1 heterocycles. The highest BCUT2D eigenvalue weighted by Gasteiger charge is 2.05. The van der Waals surface area contributed by atoms with Gasteiger partial charge in [0.25, 0.3) is 0 Å². The van der Waals surface area contributed by atoms with Gasteiger partial charge < -0.3 is 14.8 Å². The molecule has 1 aromatic heterocycles. The molecule has 0 saturated heterocycles. The molecule has 114 valence electrons. The second-order valence-corrected chi connectivity index (χ2v) is 5.37. The van der Waals surface area contributed by atoms with Crippen molar-refractivity contribution in [1.29, 1.82) is 0 Å². The lowest BCUT2D eigenvalue weighted by Crippen LogP contribution is -2.22. The zero-order valence-corrected chi connectivity index (χ0v) is 13.4. The summed E-state index contributed by atoms with van der Waals surface area (Å²) in [5, 5.41) is 3.98. The fourth-order valence-electron chi connectivity index (χ4n) is 1.54. The van der Waals surface area contributed by atoms with E-state index in [4.69, 9.17) is 21.1 Å². The summed E-state index contributed by atoms with van der Waals surface area (Å²) in [6, 6.07) is 2.29. The molecule has 0 unspecified atom stereocenters. The molecule has 0 aliphatic rings. The molecule has 0 aliphatic heterocycles. The fraction of sp³-hybridized carbons (Fsp3) is 0.667. The maximum Gasteiger partial charge on any atom is 0.213 e. The van der Waals surface area contributed by atoms with E-state index in [0.29, 0.717) is 36.7 Å². The molecule has 1 rings (SSSR count). The Morgan fingerprint density at radius 3 is 2.80 bits per heavy atom. The third kappa shape index (κ3) is 7.08. The van der Waals surface area contributed by atoms with Gasteiger partial charge in [0.1, 0.15) is 6.61 Å². The monoisotopic (exact) mass is 300 g/mol. The molecule has 0 atom stereocenters. The second kappa shape index (κ2) is 9.97. The van der Waals surface area contributed by atoms with Crippen LogP contribution in [0.15, 0.2) is 12.3 Å². The van der Waals surface area contributed by atoms with Crippen LogP contribution in [0, 0.1) is 0 Å². The van der Waals surface area contributed by atoms with Crippen molar-refractivity contribution in [1.82, 2.24) is 10.3 Å². The molecule has 4 nitrogen and oxygen atoms in total. The van der Waals surface area contributed by atoms with Crippen LogP contribution < -0.4 is 10.1 Å². The Bertz CT molecular complexity index is 386. The van der Waals surface area contributed by atoms with Gasteiger partial charge in [0.05, 0.1) is 11.6 Å². The highest BCUT2D eigenvalue weighted by Crippen LogP contribution is 2.19. The first-order valence-corrected chi connectivity index (χ1v) is 7.59. The summed E-state index contributed by atoms with van der Waals surface area (Å²) in [6.45, 7) is 8.93. The van der Waals surface area contributed by atoms with Gasteiger partial charge in [-0.2, -0.15) is 0 Å². The first kappa shape index (κ1) is 17.2. The topological polar surface area (TPSA) is 43.4 Å². The fourth-order valence-corrected chi connectivity index (χ4v) is 1.71. The molecule has 0 radical (unpaired) electrons. The van der Waals surface area contributed by atoms with Crippen molar-refractivity contribution in [2.24, 2.45) is 0 Å². The van der Waals surface area contributed by atoms with E-state index in [1.807, 2.05) is 6.07 Å². The average molecular weight is 301 g/mol. The Morgan fingerprint density at radius 2 is 2.10 bits per heavy atom. The molecule has 20 heavy (non-hydrogen) atoms. The Balaban J connectivity index is 2.36. The highest BCUT2D eigenvalue weighted by atomic mass is 35.5. The summed E-state index contributed by atoms with van der Waals surface area (Å²) in [4.78, 5) is 4.16. The van der Waals surface area contributed by atoms with E-state index in [0.717, 1.165) is 25.0 Å². The number of rotatable bonds is 10. The van der Waals surface area contributed by atoms with E-state index >= 15 is 0 Å². The van der Waals surface area contributed by atoms with E-state index in [1.54, 1.807) is 6.20 Å². The minimum Gasteiger partial charge on any atom is -0.475 e. The SMILES string of the molecule is CCCCOCCOc1cc(CNC(C)C)c(Cl)cn1. The van der Waals surface area contributed by atoms with Gasteiger partial charge in [-0.15, -0.1) is 0 Å². The summed E-state index contributed by atoms with van der Waals surface area (Å²) in [6.07, 6.45) is 3.86. The van der Waals surface area contributed by atoms with Crippen molar-refractivity contribution in [3.63, 3.8) is 0 Å². The largest absolute Gasteiger partial charge is 0.475 e. The maximum absolute atomic E-state index is 6.12. The van der Waals surface area contributed by atoms with Crippen molar-refractivity contribution in [3.05, 3.63) is 22.8 Å². The molecular weight excluding hydrogens is 276 g/mol. The lowest BCUT2D eigenvalue weighted by Gasteiger charge is -2.11. The van der Waals surface area contributed by atoms with Crippen molar-refractivity contribution < 1.29 is 9.47 Å². The van der Waals surface area contributed by atoms with Crippen LogP contribution in [0.5, 0.6) is 5.88 Å². The Morgan fingerprint density at radius 1 is 1.30 bits per heavy atom. The number of halogens is 1. The van der Waals surface area contributed by atoms with Gasteiger partial charge in [-0.3, -0.25) is 0 Å². The van der Waals surface area contributed by atoms with Crippen LogP contribution in [-0.4, -0.2) is 30.8 Å². The second-order valence-electron chi connectivity index (χ2n) is 4.96. The molecule has 5 heteroatoms. The first-order chi connectivity index (χ1) is 9.63. The summed E-state index contributed by atoms with van der Waals surface area (Å²) in [5.74, 6) is 0.592. The van der Waals surface area contributed by atoms with E-state index in [-0.39, 0.29) is 0 Å². The number of ether oxygens (including phenoxy) is 2. The van der Waals surface area contributed by atoms with Gasteiger partial charge >= 0.3 is 0 Å². The molecule has 1 aromatic rings. The van der Waals surface area contributed by atoms with Crippen LogP contribution >= 0.6 is 11.6 Å². The molecule has 0 aromatic carbocycles. The van der Waals surface area contributed by atoms with Crippen LogP contribution in [0.3, 0.4) is 0 Å². The zero-order valence-electron chi connectivity index (χ0n) is 12.6. The molecular formula is C15H25ClN2O2. The third-order valence-corrected chi connectivity index (χ3v) is 3.07. The van der Waals surface area contributed by atoms with Crippen molar-refractivity contribution in [2.45, 2.75) is 46.2 Å². The van der Waals surface area contributed by atoms with E-state index < -0.39 is 0 Å². The van der Waals surface area contributed by atoms with Gasteiger partial charge in [-0.25, -0.2) is 4.98 Å². The Labute approximate surface area is 126 Å². The number of hydrogen-bond donors (Lipinski definition) is 1.